The lowest BCUT2D eigenvalue weighted by molar-refractivity contribution is -0.151. The van der Waals surface area contributed by atoms with Crippen LogP contribution in [0.15, 0.2) is 23.8 Å². The predicted octanol–water partition coefficient (Wildman–Crippen LogP) is 2.81. The summed E-state index contributed by atoms with van der Waals surface area (Å²) in [7, 11) is 0. The molecule has 1 aliphatic heterocycles. The van der Waals surface area contributed by atoms with Gasteiger partial charge in [-0.15, -0.1) is 0 Å². The van der Waals surface area contributed by atoms with E-state index >= 15 is 0 Å². The van der Waals surface area contributed by atoms with Crippen LogP contribution in [0.4, 0.5) is 0 Å². The molecule has 0 aromatic heterocycles. The van der Waals surface area contributed by atoms with E-state index in [1.54, 1.807) is 18.7 Å². The average molecular weight is 419 g/mol. The summed E-state index contributed by atoms with van der Waals surface area (Å²) in [4.78, 5) is 39.1. The zero-order chi connectivity index (χ0) is 21.7. The molecule has 166 valence electrons. The van der Waals surface area contributed by atoms with E-state index in [9.17, 15) is 19.5 Å². The second-order valence-corrected chi connectivity index (χ2v) is 8.58. The van der Waals surface area contributed by atoms with E-state index in [-0.39, 0.29) is 30.4 Å². The number of amides is 1. The molecule has 0 aromatic carbocycles. The number of carboxylic acids is 1. The third-order valence-electron chi connectivity index (χ3n) is 6.56. The molecule has 1 saturated carbocycles. The Hall–Kier alpha value is -2.15. The lowest BCUT2D eigenvalue weighted by Gasteiger charge is -2.32. The number of esters is 1. The van der Waals surface area contributed by atoms with Crippen LogP contribution in [0.1, 0.15) is 65.2 Å². The summed E-state index contributed by atoms with van der Waals surface area (Å²) >= 11 is 0. The molecule has 0 spiro atoms. The fourth-order valence-corrected chi connectivity index (χ4v) is 5.10. The Labute approximate surface area is 178 Å². The van der Waals surface area contributed by atoms with E-state index < -0.39 is 24.1 Å². The SMILES string of the molecule is CCOC(=O)C(CCC1=CCCC=C1)NC(C)C(=O)N1C(C(=O)O)C[C@@H]2CCC[C@@H]21. The van der Waals surface area contributed by atoms with E-state index in [4.69, 9.17) is 4.74 Å². The molecular formula is C23H34N2O5. The van der Waals surface area contributed by atoms with Crippen LogP contribution in [0.3, 0.4) is 0 Å². The van der Waals surface area contributed by atoms with Crippen molar-refractivity contribution in [3.8, 4) is 0 Å². The zero-order valence-corrected chi connectivity index (χ0v) is 18.0. The van der Waals surface area contributed by atoms with Crippen molar-refractivity contribution in [2.75, 3.05) is 6.61 Å². The van der Waals surface area contributed by atoms with E-state index in [2.05, 4.69) is 23.5 Å². The maximum Gasteiger partial charge on any atom is 0.326 e. The van der Waals surface area contributed by atoms with E-state index in [1.165, 1.54) is 5.57 Å². The lowest BCUT2D eigenvalue weighted by Crippen LogP contribution is -2.55. The lowest BCUT2D eigenvalue weighted by atomic mass is 9.99. The minimum atomic E-state index is -0.942. The molecule has 3 aliphatic rings. The number of nitrogens with one attached hydrogen (secondary N) is 1. The van der Waals surface area contributed by atoms with Gasteiger partial charge >= 0.3 is 11.9 Å². The maximum atomic E-state index is 13.3. The second kappa shape index (κ2) is 10.2. The van der Waals surface area contributed by atoms with Crippen molar-refractivity contribution in [1.29, 1.82) is 0 Å². The first kappa shape index (κ1) is 22.5. The molecule has 0 bridgehead atoms. The Balaban J connectivity index is 1.67. The standard InChI is InChI=1S/C23H34N2O5/c1-3-30-23(29)18(13-12-16-8-5-4-6-9-16)24-15(2)21(26)25-19-11-7-10-17(19)14-20(25)22(27)28/h5,8-9,15,17-20,24H,3-4,6-7,10-14H2,1-2H3,(H,27,28)/t15?,17-,18?,19-,20?/m0/s1. The highest BCUT2D eigenvalue weighted by molar-refractivity contribution is 5.88. The molecule has 2 N–H and O–H groups in total. The van der Waals surface area contributed by atoms with Gasteiger partial charge in [0, 0.05) is 6.04 Å². The van der Waals surface area contributed by atoms with Gasteiger partial charge in [0.05, 0.1) is 12.6 Å². The van der Waals surface area contributed by atoms with Crippen LogP contribution < -0.4 is 5.32 Å². The molecule has 30 heavy (non-hydrogen) atoms. The van der Waals surface area contributed by atoms with E-state index in [0.29, 0.717) is 12.8 Å². The van der Waals surface area contributed by atoms with Gasteiger partial charge in [-0.2, -0.15) is 0 Å². The Bertz CT molecular complexity index is 716. The maximum absolute atomic E-state index is 13.3. The van der Waals surface area contributed by atoms with Crippen molar-refractivity contribution in [3.63, 3.8) is 0 Å². The van der Waals surface area contributed by atoms with Gasteiger partial charge in [-0.25, -0.2) is 4.79 Å². The first-order valence-electron chi connectivity index (χ1n) is 11.3. The molecular weight excluding hydrogens is 384 g/mol. The Morgan fingerprint density at radius 3 is 2.77 bits per heavy atom. The fraction of sp³-hybridized carbons (Fsp3) is 0.696. The number of hydrogen-bond donors (Lipinski definition) is 2. The normalized spacial score (nSPS) is 27.3. The highest BCUT2D eigenvalue weighted by atomic mass is 16.5. The number of carboxylic acid groups (broad SMARTS) is 1. The number of hydrogen-bond acceptors (Lipinski definition) is 5. The van der Waals surface area contributed by atoms with Crippen molar-refractivity contribution in [2.24, 2.45) is 5.92 Å². The van der Waals surface area contributed by atoms with Gasteiger partial charge in [0.2, 0.25) is 5.91 Å². The van der Waals surface area contributed by atoms with Gasteiger partial charge in [0.25, 0.3) is 0 Å². The minimum Gasteiger partial charge on any atom is -0.480 e. The highest BCUT2D eigenvalue weighted by Crippen LogP contribution is 2.41. The summed E-state index contributed by atoms with van der Waals surface area (Å²) in [6, 6.07) is -2.03. The molecule has 2 aliphatic carbocycles. The summed E-state index contributed by atoms with van der Waals surface area (Å²) in [5, 5.41) is 12.8. The number of carbonyl (C=O) groups excluding carboxylic acids is 2. The topological polar surface area (TPSA) is 95.9 Å². The molecule has 5 atom stereocenters. The van der Waals surface area contributed by atoms with Crippen molar-refractivity contribution in [2.45, 2.75) is 89.4 Å². The van der Waals surface area contributed by atoms with Crippen molar-refractivity contribution >= 4 is 17.8 Å². The first-order chi connectivity index (χ1) is 14.4. The van der Waals surface area contributed by atoms with E-state index in [0.717, 1.165) is 38.5 Å². The van der Waals surface area contributed by atoms with Crippen molar-refractivity contribution in [1.82, 2.24) is 10.2 Å². The Kier molecular flexibility index (Phi) is 7.69. The number of rotatable bonds is 9. The number of ether oxygens (including phenoxy) is 1. The molecule has 7 heteroatoms. The fourth-order valence-electron chi connectivity index (χ4n) is 5.10. The number of nitrogens with zero attached hydrogens (tertiary/aromatic N) is 1. The molecule has 1 saturated heterocycles. The predicted molar refractivity (Wildman–Crippen MR) is 113 cm³/mol. The van der Waals surface area contributed by atoms with Crippen molar-refractivity contribution < 1.29 is 24.2 Å². The molecule has 0 aromatic rings. The molecule has 2 fully saturated rings. The molecule has 1 amide bonds. The van der Waals surface area contributed by atoms with Crippen LogP contribution in [-0.4, -0.2) is 58.6 Å². The van der Waals surface area contributed by atoms with E-state index in [1.807, 2.05) is 0 Å². The van der Waals surface area contributed by atoms with Gasteiger partial charge in [-0.1, -0.05) is 30.2 Å². The first-order valence-corrected chi connectivity index (χ1v) is 11.3. The van der Waals surface area contributed by atoms with Crippen LogP contribution in [-0.2, 0) is 19.1 Å². The van der Waals surface area contributed by atoms with Crippen LogP contribution in [0, 0.1) is 5.92 Å². The van der Waals surface area contributed by atoms with Crippen LogP contribution in [0.5, 0.6) is 0 Å². The molecule has 1 heterocycles. The second-order valence-electron chi connectivity index (χ2n) is 8.58. The van der Waals surface area contributed by atoms with Gasteiger partial charge in [0.15, 0.2) is 0 Å². The quantitative estimate of drug-likeness (QED) is 0.559. The molecule has 7 nitrogen and oxygen atoms in total. The number of carbonyl (C=O) groups is 3. The Morgan fingerprint density at radius 1 is 1.30 bits per heavy atom. The van der Waals surface area contributed by atoms with Crippen LogP contribution in [0.25, 0.3) is 0 Å². The number of allylic oxidation sites excluding steroid dienone is 4. The van der Waals surface area contributed by atoms with Gasteiger partial charge in [-0.05, 0) is 64.7 Å². The average Bonchev–Trinajstić information content (AvgIpc) is 3.32. The third kappa shape index (κ3) is 5.12. The monoisotopic (exact) mass is 418 g/mol. The number of aliphatic carboxylic acids is 1. The van der Waals surface area contributed by atoms with Crippen molar-refractivity contribution in [3.05, 3.63) is 23.8 Å². The Morgan fingerprint density at radius 2 is 2.10 bits per heavy atom. The molecule has 0 radical (unpaired) electrons. The minimum absolute atomic E-state index is 0.00132. The summed E-state index contributed by atoms with van der Waals surface area (Å²) in [5.41, 5.74) is 1.19. The smallest absolute Gasteiger partial charge is 0.326 e. The van der Waals surface area contributed by atoms with Gasteiger partial charge in [0.1, 0.15) is 12.1 Å². The number of fused-ring (bicyclic) bond motifs is 1. The van der Waals surface area contributed by atoms with Gasteiger partial charge < -0.3 is 14.7 Å². The van der Waals surface area contributed by atoms with Crippen LogP contribution in [0.2, 0.25) is 0 Å². The molecule has 3 unspecified atom stereocenters. The van der Waals surface area contributed by atoms with Crippen LogP contribution >= 0.6 is 0 Å². The van der Waals surface area contributed by atoms with Gasteiger partial charge in [-0.3, -0.25) is 14.9 Å². The molecule has 3 rings (SSSR count). The zero-order valence-electron chi connectivity index (χ0n) is 18.0. The summed E-state index contributed by atoms with van der Waals surface area (Å²) in [6.07, 6.45) is 13.1. The summed E-state index contributed by atoms with van der Waals surface area (Å²) in [6.45, 7) is 3.76. The highest BCUT2D eigenvalue weighted by Gasteiger charge is 2.49. The number of likely N-dealkylation sites (tertiary alicyclic amines) is 1. The summed E-state index contributed by atoms with van der Waals surface area (Å²) in [5.74, 6) is -1.27. The third-order valence-corrected chi connectivity index (χ3v) is 6.56. The largest absolute Gasteiger partial charge is 0.480 e. The summed E-state index contributed by atoms with van der Waals surface area (Å²) < 4.78 is 5.22.